The van der Waals surface area contributed by atoms with E-state index < -0.39 is 0 Å². The van der Waals surface area contributed by atoms with Crippen LogP contribution in [0.1, 0.15) is 38.1 Å². The van der Waals surface area contributed by atoms with E-state index in [4.69, 9.17) is 0 Å². The molecule has 1 heterocycles. The largest absolute Gasteiger partial charge is 0.298 e. The summed E-state index contributed by atoms with van der Waals surface area (Å²) in [6, 6.07) is 15.2. The highest BCUT2D eigenvalue weighted by atomic mass is 16.1. The molecule has 0 amide bonds. The highest BCUT2D eigenvalue weighted by Crippen LogP contribution is 2.29. The second kappa shape index (κ2) is 10.00. The van der Waals surface area contributed by atoms with Crippen molar-refractivity contribution in [2.24, 2.45) is 0 Å². The zero-order valence-electron chi connectivity index (χ0n) is 13.9. The minimum absolute atomic E-state index is 0.551. The van der Waals surface area contributed by atoms with Gasteiger partial charge in [0.1, 0.15) is 6.29 Å². The molecule has 0 radical (unpaired) electrons. The Morgan fingerprint density at radius 1 is 0.870 bits per heavy atom. The maximum Gasteiger partial charge on any atom is 0.205 e. The first-order chi connectivity index (χ1) is 11.4. The predicted molar refractivity (Wildman–Crippen MR) is 93.1 cm³/mol. The Kier molecular flexibility index (Phi) is 7.92. The third kappa shape index (κ3) is 4.57. The number of aldehydes is 1. The summed E-state index contributed by atoms with van der Waals surface area (Å²) in [5, 5.41) is 14.0. The summed E-state index contributed by atoms with van der Waals surface area (Å²) in [6.45, 7) is 8.00. The van der Waals surface area contributed by atoms with E-state index in [0.717, 1.165) is 23.0 Å². The zero-order chi connectivity index (χ0) is 17.1. The Balaban J connectivity index is 0.000000615. The lowest BCUT2D eigenvalue weighted by Gasteiger charge is -2.06. The van der Waals surface area contributed by atoms with Gasteiger partial charge in [0.05, 0.1) is 0 Å². The molecule has 3 rings (SSSR count). The standard InChI is InChI=1S/C14H10N4O.2C2H6/c19-9-10-5-7-11(8-6-10)12-3-1-2-4-13(12)14-15-17-18-16-14;2*1-2/h1-9H,(H,15,16,17,18);2*1-2H3. The van der Waals surface area contributed by atoms with Crippen LogP contribution in [0.3, 0.4) is 0 Å². The van der Waals surface area contributed by atoms with Gasteiger partial charge in [-0.15, -0.1) is 10.2 Å². The normalized spacial score (nSPS) is 9.04. The minimum Gasteiger partial charge on any atom is -0.298 e. The van der Waals surface area contributed by atoms with Crippen molar-refractivity contribution < 1.29 is 4.79 Å². The number of carbonyl (C=O) groups is 1. The summed E-state index contributed by atoms with van der Waals surface area (Å²) in [6.07, 6.45) is 0.828. The Bertz CT molecular complexity index is 691. The number of H-pyrrole nitrogens is 1. The average Bonchev–Trinajstić information content (AvgIpc) is 3.20. The van der Waals surface area contributed by atoms with Gasteiger partial charge in [-0.25, -0.2) is 0 Å². The van der Waals surface area contributed by atoms with E-state index in [-0.39, 0.29) is 0 Å². The second-order valence-electron chi connectivity index (χ2n) is 4.02. The number of nitrogens with zero attached hydrogens (tertiary/aromatic N) is 3. The van der Waals surface area contributed by atoms with Gasteiger partial charge >= 0.3 is 0 Å². The van der Waals surface area contributed by atoms with E-state index in [1.165, 1.54) is 0 Å². The van der Waals surface area contributed by atoms with Crippen molar-refractivity contribution in [3.8, 4) is 22.5 Å². The molecule has 5 nitrogen and oxygen atoms in total. The van der Waals surface area contributed by atoms with Gasteiger partial charge in [-0.2, -0.15) is 5.21 Å². The van der Waals surface area contributed by atoms with E-state index in [9.17, 15) is 4.79 Å². The molecule has 2 aromatic carbocycles. The number of tetrazole rings is 1. The van der Waals surface area contributed by atoms with E-state index >= 15 is 0 Å². The Hall–Kier alpha value is -2.82. The van der Waals surface area contributed by atoms with E-state index in [1.807, 2.05) is 64.1 Å². The number of aromatic amines is 1. The molecule has 1 N–H and O–H groups in total. The van der Waals surface area contributed by atoms with Gasteiger partial charge in [-0.05, 0) is 16.3 Å². The number of carbonyl (C=O) groups excluding carboxylic acids is 1. The first-order valence-corrected chi connectivity index (χ1v) is 7.77. The van der Waals surface area contributed by atoms with Crippen LogP contribution < -0.4 is 0 Å². The molecule has 0 atom stereocenters. The summed E-state index contributed by atoms with van der Waals surface area (Å²) < 4.78 is 0. The highest BCUT2D eigenvalue weighted by molar-refractivity contribution is 5.82. The summed E-state index contributed by atoms with van der Waals surface area (Å²) in [4.78, 5) is 10.7. The first kappa shape index (κ1) is 18.2. The SMILES string of the molecule is CC.CC.O=Cc1ccc(-c2ccccc2-c2nn[nH]n2)cc1. The van der Waals surface area contributed by atoms with E-state index in [2.05, 4.69) is 20.6 Å². The molecule has 23 heavy (non-hydrogen) atoms. The van der Waals surface area contributed by atoms with Crippen molar-refractivity contribution in [2.45, 2.75) is 27.7 Å². The van der Waals surface area contributed by atoms with Crippen molar-refractivity contribution in [3.63, 3.8) is 0 Å². The first-order valence-electron chi connectivity index (χ1n) is 7.77. The Labute approximate surface area is 136 Å². The average molecular weight is 310 g/mol. The third-order valence-corrected chi connectivity index (χ3v) is 2.87. The molecule has 0 aliphatic rings. The highest BCUT2D eigenvalue weighted by Gasteiger charge is 2.10. The lowest BCUT2D eigenvalue weighted by molar-refractivity contribution is 0.112. The lowest BCUT2D eigenvalue weighted by atomic mass is 9.98. The second-order valence-corrected chi connectivity index (χ2v) is 4.02. The molecule has 0 bridgehead atoms. The number of hydrogen-bond acceptors (Lipinski definition) is 4. The number of aromatic nitrogens is 4. The molecule has 3 aromatic rings. The minimum atomic E-state index is 0.551. The van der Waals surface area contributed by atoms with Gasteiger partial charge < -0.3 is 0 Å². The summed E-state index contributed by atoms with van der Waals surface area (Å²) in [7, 11) is 0. The van der Waals surface area contributed by atoms with Gasteiger partial charge in [0, 0.05) is 11.1 Å². The van der Waals surface area contributed by atoms with Crippen molar-refractivity contribution in [1.29, 1.82) is 0 Å². The Morgan fingerprint density at radius 3 is 2.00 bits per heavy atom. The molecule has 0 aliphatic carbocycles. The molecule has 0 unspecified atom stereocenters. The number of benzene rings is 2. The van der Waals surface area contributed by atoms with E-state index in [0.29, 0.717) is 11.4 Å². The molecule has 0 aliphatic heterocycles. The quantitative estimate of drug-likeness (QED) is 0.728. The maximum absolute atomic E-state index is 10.7. The molecule has 1 aromatic heterocycles. The van der Waals surface area contributed by atoms with Crippen LogP contribution in [-0.4, -0.2) is 26.9 Å². The fraction of sp³-hybridized carbons (Fsp3) is 0.222. The number of nitrogens with one attached hydrogen (secondary N) is 1. The van der Waals surface area contributed by atoms with Crippen molar-refractivity contribution in [2.75, 3.05) is 0 Å². The summed E-state index contributed by atoms with van der Waals surface area (Å²) in [5.74, 6) is 0.551. The molecule has 0 saturated carbocycles. The number of rotatable bonds is 3. The van der Waals surface area contributed by atoms with Crippen LogP contribution in [0.2, 0.25) is 0 Å². The number of hydrogen-bond donors (Lipinski definition) is 1. The van der Waals surface area contributed by atoms with Crippen LogP contribution in [-0.2, 0) is 0 Å². The van der Waals surface area contributed by atoms with Gasteiger partial charge in [-0.3, -0.25) is 4.79 Å². The van der Waals surface area contributed by atoms with Crippen molar-refractivity contribution in [1.82, 2.24) is 20.6 Å². The van der Waals surface area contributed by atoms with Crippen LogP contribution >= 0.6 is 0 Å². The van der Waals surface area contributed by atoms with Crippen molar-refractivity contribution in [3.05, 3.63) is 54.1 Å². The Morgan fingerprint density at radius 2 is 1.48 bits per heavy atom. The fourth-order valence-corrected chi connectivity index (χ4v) is 1.95. The van der Waals surface area contributed by atoms with Gasteiger partial charge in [0.15, 0.2) is 0 Å². The molecular formula is C18H22N4O. The molecule has 0 fully saturated rings. The predicted octanol–water partition coefficient (Wildman–Crippen LogP) is 4.40. The van der Waals surface area contributed by atoms with Crippen LogP contribution in [0.25, 0.3) is 22.5 Å². The van der Waals surface area contributed by atoms with Crippen LogP contribution in [0, 0.1) is 0 Å². The smallest absolute Gasteiger partial charge is 0.205 e. The van der Waals surface area contributed by atoms with Gasteiger partial charge in [0.25, 0.3) is 0 Å². The summed E-state index contributed by atoms with van der Waals surface area (Å²) >= 11 is 0. The van der Waals surface area contributed by atoms with Gasteiger partial charge in [-0.1, -0.05) is 76.2 Å². The molecule has 0 saturated heterocycles. The maximum atomic E-state index is 10.7. The molecule has 0 spiro atoms. The fourth-order valence-electron chi connectivity index (χ4n) is 1.95. The molecular weight excluding hydrogens is 288 g/mol. The van der Waals surface area contributed by atoms with Crippen LogP contribution in [0.5, 0.6) is 0 Å². The van der Waals surface area contributed by atoms with Crippen LogP contribution in [0.4, 0.5) is 0 Å². The van der Waals surface area contributed by atoms with E-state index in [1.54, 1.807) is 12.1 Å². The molecule has 5 heteroatoms. The van der Waals surface area contributed by atoms with Crippen LogP contribution in [0.15, 0.2) is 48.5 Å². The third-order valence-electron chi connectivity index (χ3n) is 2.87. The monoisotopic (exact) mass is 310 g/mol. The topological polar surface area (TPSA) is 71.5 Å². The lowest BCUT2D eigenvalue weighted by Crippen LogP contribution is -1.88. The molecule has 120 valence electrons. The zero-order valence-corrected chi connectivity index (χ0v) is 13.9. The van der Waals surface area contributed by atoms with Crippen molar-refractivity contribution >= 4 is 6.29 Å². The van der Waals surface area contributed by atoms with Gasteiger partial charge in [0.2, 0.25) is 5.82 Å². The summed E-state index contributed by atoms with van der Waals surface area (Å²) in [5.41, 5.74) is 3.56.